The van der Waals surface area contributed by atoms with Crippen LogP contribution in [0.25, 0.3) is 0 Å². The highest BCUT2D eigenvalue weighted by atomic mass is 32.2. The van der Waals surface area contributed by atoms with Crippen molar-refractivity contribution in [2.45, 2.75) is 11.5 Å². The van der Waals surface area contributed by atoms with E-state index in [9.17, 15) is 4.39 Å². The highest BCUT2D eigenvalue weighted by molar-refractivity contribution is 7.98. The van der Waals surface area contributed by atoms with Crippen LogP contribution in [0.2, 0.25) is 0 Å². The normalized spacial score (nSPS) is 10.3. The minimum absolute atomic E-state index is 0.326. The van der Waals surface area contributed by atoms with Crippen LogP contribution in [0, 0.1) is 5.82 Å². The average molecular weight is 278 g/mol. The molecule has 0 saturated heterocycles. The molecule has 19 heavy (non-hydrogen) atoms. The van der Waals surface area contributed by atoms with Crippen molar-refractivity contribution in [1.29, 1.82) is 0 Å². The van der Waals surface area contributed by atoms with Gasteiger partial charge in [-0.1, -0.05) is 30.3 Å². The van der Waals surface area contributed by atoms with Gasteiger partial charge in [0.2, 0.25) is 0 Å². The van der Waals surface area contributed by atoms with Crippen molar-refractivity contribution in [2.75, 3.05) is 13.4 Å². The van der Waals surface area contributed by atoms with Gasteiger partial charge in [-0.25, -0.2) is 4.39 Å². The molecular weight excluding hydrogens is 263 g/mol. The van der Waals surface area contributed by atoms with Gasteiger partial charge in [-0.2, -0.15) is 0 Å². The lowest BCUT2D eigenvalue weighted by Gasteiger charge is -2.14. The van der Waals surface area contributed by atoms with Crippen molar-refractivity contribution in [1.82, 2.24) is 0 Å². The molecule has 0 unspecified atom stereocenters. The Bertz CT molecular complexity index is 518. The summed E-state index contributed by atoms with van der Waals surface area (Å²) in [5, 5.41) is 0. The Morgan fingerprint density at radius 2 is 1.89 bits per heavy atom. The first-order valence-electron chi connectivity index (χ1n) is 5.83. The smallest absolute Gasteiger partial charge is 0.175 e. The Labute approximate surface area is 116 Å². The molecule has 0 bridgehead atoms. The molecule has 2 rings (SSSR count). The van der Waals surface area contributed by atoms with Gasteiger partial charge in [0.25, 0.3) is 0 Å². The van der Waals surface area contributed by atoms with Crippen molar-refractivity contribution in [2.24, 2.45) is 0 Å². The maximum absolute atomic E-state index is 13.4. The quantitative estimate of drug-likeness (QED) is 0.766. The highest BCUT2D eigenvalue weighted by Gasteiger charge is 2.13. The number of methoxy groups -OCH3 is 1. The monoisotopic (exact) mass is 278 g/mol. The van der Waals surface area contributed by atoms with Gasteiger partial charge in [-0.05, 0) is 17.9 Å². The molecule has 4 heteroatoms. The maximum atomic E-state index is 13.4. The zero-order chi connectivity index (χ0) is 13.7. The van der Waals surface area contributed by atoms with Crippen molar-refractivity contribution >= 4 is 11.8 Å². The maximum Gasteiger partial charge on any atom is 0.175 e. The third kappa shape index (κ3) is 3.41. The zero-order valence-corrected chi connectivity index (χ0v) is 11.7. The van der Waals surface area contributed by atoms with Crippen LogP contribution in [0.4, 0.5) is 4.39 Å². The Balaban J connectivity index is 2.23. The number of rotatable bonds is 5. The molecule has 0 amide bonds. The molecule has 0 atom stereocenters. The summed E-state index contributed by atoms with van der Waals surface area (Å²) in [6.07, 6.45) is 1.88. The van der Waals surface area contributed by atoms with E-state index in [1.807, 2.05) is 36.6 Å². The summed E-state index contributed by atoms with van der Waals surface area (Å²) in [4.78, 5) is 0.729. The summed E-state index contributed by atoms with van der Waals surface area (Å²) in [6, 6.07) is 12.6. The van der Waals surface area contributed by atoms with Crippen LogP contribution in [0.5, 0.6) is 11.5 Å². The molecule has 2 aromatic carbocycles. The van der Waals surface area contributed by atoms with Crippen molar-refractivity contribution in [3.05, 3.63) is 53.8 Å². The molecule has 0 aliphatic carbocycles. The third-order valence-electron chi connectivity index (χ3n) is 2.65. The number of hydrogen-bond acceptors (Lipinski definition) is 3. The van der Waals surface area contributed by atoms with E-state index < -0.39 is 0 Å². The number of hydrogen-bond donors (Lipinski definition) is 0. The van der Waals surface area contributed by atoms with E-state index in [1.165, 1.54) is 31.0 Å². The van der Waals surface area contributed by atoms with Gasteiger partial charge in [0, 0.05) is 6.07 Å². The van der Waals surface area contributed by atoms with Crippen LogP contribution in [-0.2, 0) is 6.61 Å². The molecule has 2 aromatic rings. The topological polar surface area (TPSA) is 18.5 Å². The summed E-state index contributed by atoms with van der Waals surface area (Å²) < 4.78 is 24.4. The molecule has 0 N–H and O–H groups in total. The van der Waals surface area contributed by atoms with E-state index in [-0.39, 0.29) is 5.82 Å². The van der Waals surface area contributed by atoms with Crippen molar-refractivity contribution in [3.8, 4) is 11.5 Å². The van der Waals surface area contributed by atoms with E-state index in [4.69, 9.17) is 9.47 Å². The minimum atomic E-state index is -0.326. The molecule has 0 saturated carbocycles. The molecule has 100 valence electrons. The Hall–Kier alpha value is -1.68. The average Bonchev–Trinajstić information content (AvgIpc) is 2.46. The molecule has 0 heterocycles. The molecule has 0 spiro atoms. The number of ether oxygens (including phenoxy) is 2. The Kier molecular flexibility index (Phi) is 4.68. The lowest BCUT2D eigenvalue weighted by molar-refractivity contribution is 0.276. The van der Waals surface area contributed by atoms with Gasteiger partial charge in [0.1, 0.15) is 12.4 Å². The van der Waals surface area contributed by atoms with E-state index in [1.54, 1.807) is 0 Å². The zero-order valence-electron chi connectivity index (χ0n) is 10.9. The summed E-state index contributed by atoms with van der Waals surface area (Å²) in [5.74, 6) is 0.675. The highest BCUT2D eigenvalue weighted by Crippen LogP contribution is 2.38. The number of thioether (sulfide) groups is 1. The predicted molar refractivity (Wildman–Crippen MR) is 75.5 cm³/mol. The number of benzene rings is 2. The van der Waals surface area contributed by atoms with Gasteiger partial charge in [-0.15, -0.1) is 11.8 Å². The molecule has 0 aliphatic rings. The Morgan fingerprint density at radius 3 is 2.53 bits per heavy atom. The van der Waals surface area contributed by atoms with E-state index in [2.05, 4.69) is 0 Å². The molecule has 0 radical (unpaired) electrons. The summed E-state index contributed by atoms with van der Waals surface area (Å²) in [6.45, 7) is 0.427. The largest absolute Gasteiger partial charge is 0.493 e. The van der Waals surface area contributed by atoms with E-state index >= 15 is 0 Å². The predicted octanol–water partition coefficient (Wildman–Crippen LogP) is 4.14. The van der Waals surface area contributed by atoms with Crippen LogP contribution in [0.1, 0.15) is 5.56 Å². The SMILES string of the molecule is COc1cc(F)cc(SC)c1OCc1ccccc1. The second-order valence-electron chi connectivity index (χ2n) is 3.91. The molecule has 0 fully saturated rings. The lowest BCUT2D eigenvalue weighted by Crippen LogP contribution is -1.99. The van der Waals surface area contributed by atoms with Gasteiger partial charge >= 0.3 is 0 Å². The third-order valence-corrected chi connectivity index (χ3v) is 3.39. The molecule has 0 aromatic heterocycles. The van der Waals surface area contributed by atoms with Gasteiger partial charge < -0.3 is 9.47 Å². The van der Waals surface area contributed by atoms with Crippen LogP contribution in [0.3, 0.4) is 0 Å². The fourth-order valence-corrected chi connectivity index (χ4v) is 2.30. The van der Waals surface area contributed by atoms with Gasteiger partial charge in [-0.3, -0.25) is 0 Å². The standard InChI is InChI=1S/C15H15FO2S/c1-17-13-8-12(16)9-14(19-2)15(13)18-10-11-6-4-3-5-7-11/h3-9H,10H2,1-2H3. The first-order valence-corrected chi connectivity index (χ1v) is 7.05. The van der Waals surface area contributed by atoms with Crippen LogP contribution < -0.4 is 9.47 Å². The summed E-state index contributed by atoms with van der Waals surface area (Å²) in [5.41, 5.74) is 1.06. The lowest BCUT2D eigenvalue weighted by atomic mass is 10.2. The minimum Gasteiger partial charge on any atom is -0.493 e. The second kappa shape index (κ2) is 6.48. The fourth-order valence-electron chi connectivity index (χ4n) is 1.72. The summed E-state index contributed by atoms with van der Waals surface area (Å²) >= 11 is 1.43. The van der Waals surface area contributed by atoms with Crippen LogP contribution >= 0.6 is 11.8 Å². The van der Waals surface area contributed by atoms with Gasteiger partial charge in [0.15, 0.2) is 11.5 Å². The van der Waals surface area contributed by atoms with Gasteiger partial charge in [0.05, 0.1) is 12.0 Å². The van der Waals surface area contributed by atoms with Crippen LogP contribution in [0.15, 0.2) is 47.4 Å². The number of halogens is 1. The fraction of sp³-hybridized carbons (Fsp3) is 0.200. The van der Waals surface area contributed by atoms with E-state index in [0.717, 1.165) is 10.5 Å². The van der Waals surface area contributed by atoms with Crippen LogP contribution in [-0.4, -0.2) is 13.4 Å². The molecule has 2 nitrogen and oxygen atoms in total. The van der Waals surface area contributed by atoms with Crippen molar-refractivity contribution < 1.29 is 13.9 Å². The first-order chi connectivity index (χ1) is 9.24. The van der Waals surface area contributed by atoms with Crippen molar-refractivity contribution in [3.63, 3.8) is 0 Å². The first kappa shape index (κ1) is 13.7. The summed E-state index contributed by atoms with van der Waals surface area (Å²) in [7, 11) is 1.51. The molecule has 0 aliphatic heterocycles. The second-order valence-corrected chi connectivity index (χ2v) is 4.76. The Morgan fingerprint density at radius 1 is 1.16 bits per heavy atom. The van der Waals surface area contributed by atoms with E-state index in [0.29, 0.717) is 18.1 Å². The molecular formula is C15H15FO2S.